The molecule has 0 bridgehead atoms. The van der Waals surface area contributed by atoms with Gasteiger partial charge in [-0.05, 0) is 91.7 Å². The molecule has 0 N–H and O–H groups in total. The van der Waals surface area contributed by atoms with E-state index in [4.69, 9.17) is 14.5 Å². The zero-order chi connectivity index (χ0) is 35.8. The molecule has 2 aliphatic carbocycles. The zero-order valence-corrected chi connectivity index (χ0v) is 30.2. The highest BCUT2D eigenvalue weighted by atomic mass is 19.3. The molecule has 2 aromatic heterocycles. The summed E-state index contributed by atoms with van der Waals surface area (Å²) in [4.78, 5) is 16.6. The smallest absolute Gasteiger partial charge is 0.248 e. The van der Waals surface area contributed by atoms with Crippen molar-refractivity contribution in [2.75, 3.05) is 25.1 Å². The molecule has 6 nitrogen and oxygen atoms in total. The van der Waals surface area contributed by atoms with E-state index in [1.807, 2.05) is 61.5 Å². The van der Waals surface area contributed by atoms with E-state index in [2.05, 4.69) is 28.7 Å². The molecule has 51 heavy (non-hydrogen) atoms. The zero-order valence-electron chi connectivity index (χ0n) is 30.2. The maximum absolute atomic E-state index is 17.6. The van der Waals surface area contributed by atoms with Crippen LogP contribution in [0.5, 0.6) is 5.75 Å². The lowest BCUT2D eigenvalue weighted by Crippen LogP contribution is -2.36. The van der Waals surface area contributed by atoms with Crippen molar-refractivity contribution in [3.05, 3.63) is 112 Å². The third-order valence-corrected chi connectivity index (χ3v) is 11.2. The standard InChI is InChI=1S/C42H49F3N4O2/c1-27-6-10-30(11-7-27)38(43)37-35(29-14-18-42(44,45)19-15-29)36-33(48-39(37)31-16-22-49(23-17-31)40-46-20-5-21-47-40)24-41(2,3)25-34(36)51-26-28-8-12-32(50-4)13-9-28/h5-13,20-21,29,31,34,38H,14-19,22-26H2,1-4H3. The highest BCUT2D eigenvalue weighted by molar-refractivity contribution is 5.51. The highest BCUT2D eigenvalue weighted by Crippen LogP contribution is 2.53. The Morgan fingerprint density at radius 2 is 1.55 bits per heavy atom. The number of methoxy groups -OCH3 is 1. The van der Waals surface area contributed by atoms with E-state index >= 15 is 4.39 Å². The van der Waals surface area contributed by atoms with Gasteiger partial charge in [0.05, 0.1) is 25.5 Å². The molecule has 1 aliphatic heterocycles. The number of fused-ring (bicyclic) bond motifs is 1. The van der Waals surface area contributed by atoms with Crippen molar-refractivity contribution >= 4 is 5.95 Å². The van der Waals surface area contributed by atoms with Gasteiger partial charge >= 0.3 is 0 Å². The summed E-state index contributed by atoms with van der Waals surface area (Å²) in [7, 11) is 1.64. The summed E-state index contributed by atoms with van der Waals surface area (Å²) < 4.78 is 59.3. The fourth-order valence-corrected chi connectivity index (χ4v) is 8.44. The molecule has 7 rings (SSSR count). The molecule has 3 aliphatic rings. The summed E-state index contributed by atoms with van der Waals surface area (Å²) in [5, 5.41) is 0. The van der Waals surface area contributed by atoms with Crippen LogP contribution in [0.2, 0.25) is 0 Å². The number of alkyl halides is 3. The Balaban J connectivity index is 1.36. The largest absolute Gasteiger partial charge is 0.497 e. The molecule has 9 heteroatoms. The predicted molar refractivity (Wildman–Crippen MR) is 193 cm³/mol. The first-order chi connectivity index (χ1) is 24.5. The molecule has 1 saturated carbocycles. The first kappa shape index (κ1) is 35.4. The van der Waals surface area contributed by atoms with Gasteiger partial charge in [0.15, 0.2) is 6.17 Å². The molecule has 2 atom stereocenters. The molecule has 0 radical (unpaired) electrons. The summed E-state index contributed by atoms with van der Waals surface area (Å²) >= 11 is 0. The van der Waals surface area contributed by atoms with Crippen LogP contribution in [0.4, 0.5) is 19.1 Å². The minimum Gasteiger partial charge on any atom is -0.497 e. The summed E-state index contributed by atoms with van der Waals surface area (Å²) in [6, 6.07) is 17.2. The van der Waals surface area contributed by atoms with Gasteiger partial charge in [-0.1, -0.05) is 55.8 Å². The summed E-state index contributed by atoms with van der Waals surface area (Å²) in [6.07, 6.45) is 4.85. The monoisotopic (exact) mass is 698 g/mol. The Morgan fingerprint density at radius 1 is 0.882 bits per heavy atom. The number of nitrogens with zero attached hydrogens (tertiary/aromatic N) is 4. The van der Waals surface area contributed by atoms with Crippen molar-refractivity contribution in [1.82, 2.24) is 15.0 Å². The number of halogens is 3. The fourth-order valence-electron chi connectivity index (χ4n) is 8.44. The molecular weight excluding hydrogens is 649 g/mol. The molecule has 2 unspecified atom stereocenters. The minimum absolute atomic E-state index is 0.00134. The van der Waals surface area contributed by atoms with E-state index in [-0.39, 0.29) is 36.2 Å². The van der Waals surface area contributed by atoms with Crippen molar-refractivity contribution in [3.63, 3.8) is 0 Å². The van der Waals surface area contributed by atoms with Crippen LogP contribution >= 0.6 is 0 Å². The van der Waals surface area contributed by atoms with Gasteiger partial charge in [-0.25, -0.2) is 23.1 Å². The Hall–Kier alpha value is -3.98. The third kappa shape index (κ3) is 7.79. The molecule has 0 spiro atoms. The fraction of sp³-hybridized carbons (Fsp3) is 0.500. The number of pyridine rings is 1. The van der Waals surface area contributed by atoms with E-state index < -0.39 is 12.1 Å². The maximum atomic E-state index is 17.6. The molecule has 0 amide bonds. The molecule has 270 valence electrons. The normalized spacial score (nSPS) is 21.2. The molecular formula is C42H49F3N4O2. The number of anilines is 1. The van der Waals surface area contributed by atoms with Crippen LogP contribution in [-0.2, 0) is 17.8 Å². The number of aryl methyl sites for hydroxylation is 1. The van der Waals surface area contributed by atoms with Crippen molar-refractivity contribution in [2.45, 2.75) is 109 Å². The first-order valence-electron chi connectivity index (χ1n) is 18.4. The summed E-state index contributed by atoms with van der Waals surface area (Å²) in [5.41, 5.74) is 6.60. The van der Waals surface area contributed by atoms with Gasteiger partial charge in [0.25, 0.3) is 0 Å². The van der Waals surface area contributed by atoms with Crippen LogP contribution in [0.25, 0.3) is 0 Å². The summed E-state index contributed by atoms with van der Waals surface area (Å²) in [6.45, 7) is 8.27. The SMILES string of the molecule is COc1ccc(COC2CC(C)(C)Cc3nc(C4CCN(c5ncccn5)CC4)c(C(F)c4ccc(C)cc4)c(C4CCC(F)(F)CC4)c32)cc1. The Kier molecular flexibility index (Phi) is 10.1. The lowest BCUT2D eigenvalue weighted by atomic mass is 9.68. The van der Waals surface area contributed by atoms with Crippen LogP contribution in [-0.4, -0.2) is 41.1 Å². The number of ether oxygens (including phenoxy) is 2. The van der Waals surface area contributed by atoms with Crippen LogP contribution in [0.3, 0.4) is 0 Å². The van der Waals surface area contributed by atoms with Crippen LogP contribution < -0.4 is 9.64 Å². The third-order valence-electron chi connectivity index (χ3n) is 11.2. The topological polar surface area (TPSA) is 60.4 Å². The van der Waals surface area contributed by atoms with E-state index in [9.17, 15) is 8.78 Å². The predicted octanol–water partition coefficient (Wildman–Crippen LogP) is 10.2. The number of hydrogen-bond acceptors (Lipinski definition) is 6. The van der Waals surface area contributed by atoms with Gasteiger partial charge in [-0.2, -0.15) is 0 Å². The van der Waals surface area contributed by atoms with E-state index in [1.165, 1.54) is 0 Å². The van der Waals surface area contributed by atoms with Crippen LogP contribution in [0.15, 0.2) is 67.0 Å². The second-order valence-corrected chi connectivity index (χ2v) is 15.6. The Bertz CT molecular complexity index is 1780. The molecule has 2 fully saturated rings. The average molecular weight is 699 g/mol. The van der Waals surface area contributed by atoms with Crippen molar-refractivity contribution in [2.24, 2.45) is 5.41 Å². The second-order valence-electron chi connectivity index (χ2n) is 15.6. The number of piperidine rings is 1. The molecule has 2 aromatic carbocycles. The number of benzene rings is 2. The minimum atomic E-state index is -2.71. The number of aromatic nitrogens is 3. The number of hydrogen-bond donors (Lipinski definition) is 0. The van der Waals surface area contributed by atoms with Gasteiger partial charge in [-0.3, -0.25) is 4.98 Å². The lowest BCUT2D eigenvalue weighted by molar-refractivity contribution is -0.0390. The maximum Gasteiger partial charge on any atom is 0.248 e. The average Bonchev–Trinajstić information content (AvgIpc) is 3.13. The van der Waals surface area contributed by atoms with Crippen molar-refractivity contribution in [1.29, 1.82) is 0 Å². The summed E-state index contributed by atoms with van der Waals surface area (Å²) in [5.74, 6) is -1.46. The molecule has 4 aromatic rings. The van der Waals surface area contributed by atoms with Crippen LogP contribution in [0.1, 0.15) is 128 Å². The first-order valence-corrected chi connectivity index (χ1v) is 18.4. The van der Waals surface area contributed by atoms with Gasteiger partial charge in [-0.15, -0.1) is 0 Å². The van der Waals surface area contributed by atoms with E-state index in [0.29, 0.717) is 42.9 Å². The van der Waals surface area contributed by atoms with Gasteiger partial charge in [0, 0.05) is 61.1 Å². The van der Waals surface area contributed by atoms with Gasteiger partial charge in [0.2, 0.25) is 11.9 Å². The van der Waals surface area contributed by atoms with Gasteiger partial charge < -0.3 is 14.4 Å². The van der Waals surface area contributed by atoms with Crippen molar-refractivity contribution < 1.29 is 22.6 Å². The molecule has 1 saturated heterocycles. The second kappa shape index (κ2) is 14.6. The van der Waals surface area contributed by atoms with Crippen LogP contribution in [0, 0.1) is 12.3 Å². The Labute approximate surface area is 299 Å². The molecule has 3 heterocycles. The van der Waals surface area contributed by atoms with E-state index in [1.54, 1.807) is 19.5 Å². The quantitative estimate of drug-likeness (QED) is 0.173. The Morgan fingerprint density at radius 3 is 2.20 bits per heavy atom. The van der Waals surface area contributed by atoms with E-state index in [0.717, 1.165) is 71.7 Å². The lowest BCUT2D eigenvalue weighted by Gasteiger charge is -2.42. The number of rotatable bonds is 9. The van der Waals surface area contributed by atoms with Gasteiger partial charge in [0.1, 0.15) is 5.75 Å². The van der Waals surface area contributed by atoms with Crippen molar-refractivity contribution in [3.8, 4) is 5.75 Å². The highest BCUT2D eigenvalue weighted by Gasteiger charge is 2.44.